The minimum Gasteiger partial charge on any atom is -0.315 e. The van der Waals surface area contributed by atoms with Crippen LogP contribution in [0.25, 0.3) is 22.2 Å². The molecule has 6 nitrogen and oxygen atoms in total. The number of hydrogen-bond acceptors (Lipinski definition) is 5. The first-order valence-electron chi connectivity index (χ1n) is 7.86. The van der Waals surface area contributed by atoms with Crippen LogP contribution in [0.3, 0.4) is 0 Å². The van der Waals surface area contributed by atoms with Gasteiger partial charge in [0.2, 0.25) is 0 Å². The van der Waals surface area contributed by atoms with E-state index in [1.165, 1.54) is 11.8 Å². The van der Waals surface area contributed by atoms with Crippen molar-refractivity contribution < 1.29 is 4.92 Å². The van der Waals surface area contributed by atoms with E-state index in [4.69, 9.17) is 5.10 Å². The summed E-state index contributed by atoms with van der Waals surface area (Å²) in [6.07, 6.45) is 0. The maximum Gasteiger partial charge on any atom is 0.284 e. The highest BCUT2D eigenvalue weighted by Gasteiger charge is 2.29. The molecule has 0 bridgehead atoms. The molecule has 0 fully saturated rings. The van der Waals surface area contributed by atoms with Gasteiger partial charge in [0.1, 0.15) is 10.6 Å². The molecule has 1 aromatic heterocycles. The maximum atomic E-state index is 11.4. The largest absolute Gasteiger partial charge is 0.315 e. The van der Waals surface area contributed by atoms with Gasteiger partial charge in [-0.3, -0.25) is 14.8 Å². The minimum absolute atomic E-state index is 0.148. The Labute approximate surface area is 143 Å². The third kappa shape index (κ3) is 2.28. The van der Waals surface area contributed by atoms with Gasteiger partial charge in [-0.15, -0.1) is 0 Å². The second-order valence-corrected chi connectivity index (χ2v) is 6.64. The van der Waals surface area contributed by atoms with E-state index in [0.29, 0.717) is 4.90 Å². The quantitative estimate of drug-likeness (QED) is 0.341. The van der Waals surface area contributed by atoms with E-state index >= 15 is 0 Å². The number of benzene rings is 2. The number of fused-ring (bicyclic) bond motifs is 2. The van der Waals surface area contributed by atoms with Gasteiger partial charge in [-0.1, -0.05) is 36.9 Å². The lowest BCUT2D eigenvalue weighted by Crippen LogP contribution is -2.19. The molecule has 4 rings (SSSR count). The zero-order valence-electron chi connectivity index (χ0n) is 13.2. The summed E-state index contributed by atoms with van der Waals surface area (Å²) in [5, 5.41) is 20.4. The fraction of sp³-hybridized carbons (Fsp3) is 0.235. The molecule has 24 heavy (non-hydrogen) atoms. The van der Waals surface area contributed by atoms with Crippen LogP contribution in [-0.4, -0.2) is 27.8 Å². The lowest BCUT2D eigenvalue weighted by molar-refractivity contribution is -0.387. The Morgan fingerprint density at radius 3 is 2.92 bits per heavy atom. The molecular weight excluding hydrogens is 324 g/mol. The standard InChI is InChI=1S/C17H16N4O2S/c1-2-18-9-10-20-12-7-8-13(21(22)23)17-15(12)16(19-20)11-5-3-4-6-14(11)24-17/h3-8,18H,2,9-10H2,1H3. The zero-order chi connectivity index (χ0) is 16.7. The Hall–Kier alpha value is -2.38. The van der Waals surface area contributed by atoms with E-state index in [9.17, 15) is 10.1 Å². The Balaban J connectivity index is 1.96. The number of rotatable bonds is 5. The number of aromatic nitrogens is 2. The molecule has 0 spiro atoms. The molecule has 0 atom stereocenters. The summed E-state index contributed by atoms with van der Waals surface area (Å²) >= 11 is 1.46. The predicted octanol–water partition coefficient (Wildman–Crippen LogP) is 3.69. The lowest BCUT2D eigenvalue weighted by atomic mass is 10.1. The van der Waals surface area contributed by atoms with Crippen LogP contribution in [0.2, 0.25) is 0 Å². The average Bonchev–Trinajstić information content (AvgIpc) is 2.95. The summed E-state index contributed by atoms with van der Waals surface area (Å²) in [5.41, 5.74) is 2.98. The lowest BCUT2D eigenvalue weighted by Gasteiger charge is -2.14. The monoisotopic (exact) mass is 340 g/mol. The summed E-state index contributed by atoms with van der Waals surface area (Å²) in [5.74, 6) is 0. The van der Waals surface area contributed by atoms with Crippen LogP contribution < -0.4 is 5.32 Å². The van der Waals surface area contributed by atoms with Crippen molar-refractivity contribution in [3.8, 4) is 11.3 Å². The fourth-order valence-corrected chi connectivity index (χ4v) is 4.25. The molecule has 3 aromatic rings. The van der Waals surface area contributed by atoms with Crippen molar-refractivity contribution in [2.24, 2.45) is 0 Å². The highest BCUT2D eigenvalue weighted by Crippen LogP contribution is 2.50. The molecule has 0 unspecified atom stereocenters. The summed E-state index contributed by atoms with van der Waals surface area (Å²) < 4.78 is 1.95. The third-order valence-electron chi connectivity index (χ3n) is 4.15. The second kappa shape index (κ2) is 5.92. The number of nitro groups is 1. The van der Waals surface area contributed by atoms with Gasteiger partial charge in [0.15, 0.2) is 0 Å². The van der Waals surface area contributed by atoms with Crippen molar-refractivity contribution in [2.75, 3.05) is 13.1 Å². The van der Waals surface area contributed by atoms with Crippen molar-refractivity contribution >= 4 is 28.4 Å². The van der Waals surface area contributed by atoms with Gasteiger partial charge < -0.3 is 5.32 Å². The zero-order valence-corrected chi connectivity index (χ0v) is 14.0. The molecule has 1 aliphatic heterocycles. The smallest absolute Gasteiger partial charge is 0.284 e. The van der Waals surface area contributed by atoms with Gasteiger partial charge in [-0.25, -0.2) is 0 Å². The topological polar surface area (TPSA) is 73.0 Å². The average molecular weight is 340 g/mol. The molecule has 0 saturated carbocycles. The Kier molecular flexibility index (Phi) is 3.74. The van der Waals surface area contributed by atoms with Crippen LogP contribution in [0.5, 0.6) is 0 Å². The summed E-state index contributed by atoms with van der Waals surface area (Å²) in [4.78, 5) is 12.8. The number of nitrogens with one attached hydrogen (secondary N) is 1. The van der Waals surface area contributed by atoms with Gasteiger partial charge in [-0.2, -0.15) is 5.10 Å². The predicted molar refractivity (Wildman–Crippen MR) is 94.5 cm³/mol. The number of nitro benzene ring substituents is 1. The summed E-state index contributed by atoms with van der Waals surface area (Å²) in [6, 6.07) is 11.3. The Bertz CT molecular complexity index is 951. The van der Waals surface area contributed by atoms with Gasteiger partial charge in [0.25, 0.3) is 5.69 Å². The highest BCUT2D eigenvalue weighted by molar-refractivity contribution is 8.00. The van der Waals surface area contributed by atoms with Crippen LogP contribution in [0.15, 0.2) is 46.2 Å². The van der Waals surface area contributed by atoms with E-state index in [1.54, 1.807) is 6.07 Å². The SMILES string of the molecule is CCNCCn1nc2c3c(c([N+](=O)[O-])ccc31)Sc1ccccc1-2. The fourth-order valence-electron chi connectivity index (χ4n) is 3.06. The van der Waals surface area contributed by atoms with Gasteiger partial charge >= 0.3 is 0 Å². The van der Waals surface area contributed by atoms with Gasteiger partial charge in [-0.05, 0) is 18.7 Å². The number of nitrogens with zero attached hydrogens (tertiary/aromatic N) is 3. The van der Waals surface area contributed by atoms with Crippen LogP contribution >= 0.6 is 11.8 Å². The molecule has 0 radical (unpaired) electrons. The first kappa shape index (κ1) is 15.2. The molecular formula is C17H16N4O2S. The number of likely N-dealkylation sites (N-methyl/N-ethyl adjacent to an activating group) is 1. The molecule has 1 aliphatic rings. The van der Waals surface area contributed by atoms with Crippen LogP contribution in [0, 0.1) is 10.1 Å². The molecule has 2 aromatic carbocycles. The van der Waals surface area contributed by atoms with Gasteiger partial charge in [0, 0.05) is 28.5 Å². The van der Waals surface area contributed by atoms with Crippen molar-refractivity contribution in [2.45, 2.75) is 23.3 Å². The molecule has 122 valence electrons. The van der Waals surface area contributed by atoms with Crippen LogP contribution in [-0.2, 0) is 6.54 Å². The normalized spacial score (nSPS) is 12.4. The minimum atomic E-state index is -0.310. The molecule has 2 heterocycles. The van der Waals surface area contributed by atoms with Crippen LogP contribution in [0.1, 0.15) is 6.92 Å². The van der Waals surface area contributed by atoms with Crippen molar-refractivity contribution in [1.29, 1.82) is 0 Å². The van der Waals surface area contributed by atoms with Crippen LogP contribution in [0.4, 0.5) is 5.69 Å². The molecule has 0 amide bonds. The number of hydrogen-bond donors (Lipinski definition) is 1. The van der Waals surface area contributed by atoms with E-state index in [-0.39, 0.29) is 10.6 Å². The van der Waals surface area contributed by atoms with E-state index in [2.05, 4.69) is 12.2 Å². The van der Waals surface area contributed by atoms with Gasteiger partial charge in [0.05, 0.1) is 17.0 Å². The van der Waals surface area contributed by atoms with Crippen molar-refractivity contribution in [1.82, 2.24) is 15.1 Å². The Morgan fingerprint density at radius 1 is 1.29 bits per heavy atom. The molecule has 1 N–H and O–H groups in total. The third-order valence-corrected chi connectivity index (χ3v) is 5.35. The molecule has 7 heteroatoms. The first-order chi connectivity index (χ1) is 11.7. The van der Waals surface area contributed by atoms with E-state index < -0.39 is 0 Å². The maximum absolute atomic E-state index is 11.4. The second-order valence-electron chi connectivity index (χ2n) is 5.59. The molecule has 0 saturated heterocycles. The van der Waals surface area contributed by atoms with Crippen molar-refractivity contribution in [3.63, 3.8) is 0 Å². The first-order valence-corrected chi connectivity index (χ1v) is 8.68. The summed E-state index contributed by atoms with van der Waals surface area (Å²) in [7, 11) is 0. The Morgan fingerprint density at radius 2 is 2.12 bits per heavy atom. The van der Waals surface area contributed by atoms with E-state index in [0.717, 1.165) is 46.7 Å². The summed E-state index contributed by atoms with van der Waals surface area (Å²) in [6.45, 7) is 4.51. The highest BCUT2D eigenvalue weighted by atomic mass is 32.2. The van der Waals surface area contributed by atoms with Crippen molar-refractivity contribution in [3.05, 3.63) is 46.5 Å². The van der Waals surface area contributed by atoms with E-state index in [1.807, 2.05) is 35.0 Å². The molecule has 0 aliphatic carbocycles.